The van der Waals surface area contributed by atoms with Gasteiger partial charge in [-0.05, 0) is 26.7 Å². The lowest BCUT2D eigenvalue weighted by Gasteiger charge is -2.07. The number of carbonyl (C=O) groups is 1. The number of rotatable bonds is 3. The molecule has 1 saturated heterocycles. The highest BCUT2D eigenvalue weighted by Crippen LogP contribution is 2.30. The van der Waals surface area contributed by atoms with Crippen LogP contribution in [0.4, 0.5) is 5.13 Å². The van der Waals surface area contributed by atoms with Gasteiger partial charge in [0, 0.05) is 17.0 Å². The second-order valence-corrected chi connectivity index (χ2v) is 6.48. The van der Waals surface area contributed by atoms with Crippen LogP contribution in [0.1, 0.15) is 23.3 Å². The predicted octanol–water partition coefficient (Wildman–Crippen LogP) is 3.54. The van der Waals surface area contributed by atoms with Gasteiger partial charge in [0.1, 0.15) is 6.10 Å². The molecule has 0 spiro atoms. The number of ether oxygens (including phenoxy) is 1. The maximum absolute atomic E-state index is 12.0. The average molecular weight is 302 g/mol. The van der Waals surface area contributed by atoms with Crippen LogP contribution < -0.4 is 5.32 Å². The van der Waals surface area contributed by atoms with Crippen LogP contribution in [0.5, 0.6) is 0 Å². The summed E-state index contributed by atoms with van der Waals surface area (Å²) in [4.78, 5) is 17.7. The molecule has 2 heterocycles. The van der Waals surface area contributed by atoms with Crippen molar-refractivity contribution in [2.45, 2.75) is 32.8 Å². The molecule has 0 saturated carbocycles. The van der Waals surface area contributed by atoms with Gasteiger partial charge in [-0.3, -0.25) is 10.1 Å². The minimum Gasteiger partial charge on any atom is -0.368 e. The average Bonchev–Trinajstić information content (AvgIpc) is 3.10. The Hall–Kier alpha value is -1.72. The molecule has 1 atom stereocenters. The van der Waals surface area contributed by atoms with Crippen LogP contribution in [-0.4, -0.2) is 23.6 Å². The molecule has 1 fully saturated rings. The minimum atomic E-state index is -0.322. The zero-order valence-corrected chi connectivity index (χ0v) is 13.0. The van der Waals surface area contributed by atoms with E-state index in [0.29, 0.717) is 11.7 Å². The first kappa shape index (κ1) is 14.2. The van der Waals surface area contributed by atoms with Gasteiger partial charge in [0.2, 0.25) is 0 Å². The molecule has 21 heavy (non-hydrogen) atoms. The summed E-state index contributed by atoms with van der Waals surface area (Å²) in [5.74, 6) is -0.0864. The topological polar surface area (TPSA) is 51.2 Å². The van der Waals surface area contributed by atoms with Gasteiger partial charge in [0.05, 0.1) is 5.69 Å². The van der Waals surface area contributed by atoms with Crippen molar-refractivity contribution in [3.05, 3.63) is 34.7 Å². The van der Waals surface area contributed by atoms with Crippen LogP contribution in [0.15, 0.2) is 24.3 Å². The molecule has 0 radical (unpaired) electrons. The number of nitrogens with zero attached hydrogens (tertiary/aromatic N) is 1. The number of thiazole rings is 1. The third-order valence-electron chi connectivity index (χ3n) is 3.57. The molecular formula is C16H18N2O2S. The highest BCUT2D eigenvalue weighted by atomic mass is 32.1. The molecule has 1 aliphatic rings. The van der Waals surface area contributed by atoms with Gasteiger partial charge in [-0.25, -0.2) is 4.98 Å². The van der Waals surface area contributed by atoms with Crippen molar-refractivity contribution < 1.29 is 9.53 Å². The molecule has 1 aliphatic heterocycles. The number of benzene rings is 1. The lowest BCUT2D eigenvalue weighted by molar-refractivity contribution is -0.124. The van der Waals surface area contributed by atoms with Gasteiger partial charge < -0.3 is 4.74 Å². The molecule has 2 aromatic rings. The standard InChI is InChI=1S/C16H18N2O2S/c1-10-5-7-12(8-6-10)14-11(2)21-16(17-14)18-15(19)13-4-3-9-20-13/h5-8,13H,3-4,9H2,1-2H3,(H,17,18,19)/t13-/m0/s1. The zero-order chi connectivity index (χ0) is 14.8. The lowest BCUT2D eigenvalue weighted by atomic mass is 10.1. The molecule has 4 nitrogen and oxygen atoms in total. The maximum Gasteiger partial charge on any atom is 0.255 e. The summed E-state index contributed by atoms with van der Waals surface area (Å²) in [6.45, 7) is 4.75. The Morgan fingerprint density at radius 1 is 1.33 bits per heavy atom. The Kier molecular flexibility index (Phi) is 4.03. The van der Waals surface area contributed by atoms with Crippen molar-refractivity contribution in [2.75, 3.05) is 11.9 Å². The summed E-state index contributed by atoms with van der Waals surface area (Å²) < 4.78 is 5.39. The molecule has 3 rings (SSSR count). The minimum absolute atomic E-state index is 0.0864. The third-order valence-corrected chi connectivity index (χ3v) is 4.46. The zero-order valence-electron chi connectivity index (χ0n) is 12.2. The summed E-state index contributed by atoms with van der Waals surface area (Å²) in [6, 6.07) is 8.25. The number of aromatic nitrogens is 1. The second kappa shape index (κ2) is 5.95. The molecule has 0 aliphatic carbocycles. The number of aryl methyl sites for hydroxylation is 2. The van der Waals surface area contributed by atoms with Crippen molar-refractivity contribution in [3.63, 3.8) is 0 Å². The monoisotopic (exact) mass is 302 g/mol. The number of nitrogens with one attached hydrogen (secondary N) is 1. The van der Waals surface area contributed by atoms with Crippen LogP contribution in [0, 0.1) is 13.8 Å². The van der Waals surface area contributed by atoms with E-state index < -0.39 is 0 Å². The van der Waals surface area contributed by atoms with E-state index in [2.05, 4.69) is 41.5 Å². The van der Waals surface area contributed by atoms with Gasteiger partial charge in [-0.15, -0.1) is 11.3 Å². The fourth-order valence-corrected chi connectivity index (χ4v) is 3.24. The third kappa shape index (κ3) is 3.14. The van der Waals surface area contributed by atoms with Crippen molar-refractivity contribution in [3.8, 4) is 11.3 Å². The highest BCUT2D eigenvalue weighted by Gasteiger charge is 2.24. The molecule has 0 unspecified atom stereocenters. The van der Waals surface area contributed by atoms with Gasteiger partial charge in [-0.2, -0.15) is 0 Å². The number of hydrogen-bond acceptors (Lipinski definition) is 4. The summed E-state index contributed by atoms with van der Waals surface area (Å²) >= 11 is 1.50. The number of carbonyl (C=O) groups excluding carboxylic acids is 1. The predicted molar refractivity (Wildman–Crippen MR) is 84.6 cm³/mol. The lowest BCUT2D eigenvalue weighted by Crippen LogP contribution is -2.26. The van der Waals surface area contributed by atoms with Crippen LogP contribution >= 0.6 is 11.3 Å². The summed E-state index contributed by atoms with van der Waals surface area (Å²) in [5, 5.41) is 3.51. The van der Waals surface area contributed by atoms with Crippen molar-refractivity contribution in [1.29, 1.82) is 0 Å². The van der Waals surface area contributed by atoms with Gasteiger partial charge in [0.25, 0.3) is 5.91 Å². The van der Waals surface area contributed by atoms with E-state index in [-0.39, 0.29) is 12.0 Å². The first-order valence-electron chi connectivity index (χ1n) is 7.10. The van der Waals surface area contributed by atoms with E-state index in [1.807, 2.05) is 6.92 Å². The van der Waals surface area contributed by atoms with Gasteiger partial charge in [0.15, 0.2) is 5.13 Å². The Balaban J connectivity index is 1.77. The molecule has 110 valence electrons. The van der Waals surface area contributed by atoms with Crippen molar-refractivity contribution in [1.82, 2.24) is 4.98 Å². The molecule has 5 heteroatoms. The quantitative estimate of drug-likeness (QED) is 0.943. The van der Waals surface area contributed by atoms with E-state index in [1.165, 1.54) is 16.9 Å². The van der Waals surface area contributed by atoms with E-state index >= 15 is 0 Å². The Labute approximate surface area is 128 Å². The van der Waals surface area contributed by atoms with Crippen LogP contribution in [0.25, 0.3) is 11.3 Å². The highest BCUT2D eigenvalue weighted by molar-refractivity contribution is 7.16. The SMILES string of the molecule is Cc1ccc(-c2nc(NC(=O)[C@@H]3CCCO3)sc2C)cc1. The molecule has 1 aromatic heterocycles. The second-order valence-electron chi connectivity index (χ2n) is 5.28. The first-order chi connectivity index (χ1) is 10.1. The normalized spacial score (nSPS) is 17.9. The maximum atomic E-state index is 12.0. The van der Waals surface area contributed by atoms with Gasteiger partial charge >= 0.3 is 0 Å². The number of amides is 1. The Bertz CT molecular complexity index is 643. The Morgan fingerprint density at radius 3 is 2.76 bits per heavy atom. The van der Waals surface area contributed by atoms with Crippen molar-refractivity contribution in [2.24, 2.45) is 0 Å². The summed E-state index contributed by atoms with van der Waals surface area (Å²) in [5.41, 5.74) is 3.23. The molecule has 1 aromatic carbocycles. The first-order valence-corrected chi connectivity index (χ1v) is 7.92. The fraction of sp³-hybridized carbons (Fsp3) is 0.375. The summed E-state index contributed by atoms with van der Waals surface area (Å²) in [7, 11) is 0. The fourth-order valence-electron chi connectivity index (χ4n) is 2.40. The smallest absolute Gasteiger partial charge is 0.255 e. The van der Waals surface area contributed by atoms with Crippen LogP contribution in [-0.2, 0) is 9.53 Å². The van der Waals surface area contributed by atoms with E-state index in [1.54, 1.807) is 0 Å². The van der Waals surface area contributed by atoms with Crippen LogP contribution in [0.3, 0.4) is 0 Å². The molecule has 1 amide bonds. The molecular weight excluding hydrogens is 284 g/mol. The van der Waals surface area contributed by atoms with E-state index in [9.17, 15) is 4.79 Å². The number of anilines is 1. The van der Waals surface area contributed by atoms with Crippen molar-refractivity contribution >= 4 is 22.4 Å². The largest absolute Gasteiger partial charge is 0.368 e. The van der Waals surface area contributed by atoms with E-state index in [0.717, 1.165) is 29.0 Å². The van der Waals surface area contributed by atoms with E-state index in [4.69, 9.17) is 4.74 Å². The Morgan fingerprint density at radius 2 is 2.10 bits per heavy atom. The van der Waals surface area contributed by atoms with Gasteiger partial charge in [-0.1, -0.05) is 29.8 Å². The molecule has 1 N–H and O–H groups in total. The number of hydrogen-bond donors (Lipinski definition) is 1. The van der Waals surface area contributed by atoms with Crippen LogP contribution in [0.2, 0.25) is 0 Å². The molecule has 0 bridgehead atoms. The summed E-state index contributed by atoms with van der Waals surface area (Å²) in [6.07, 6.45) is 1.42.